The van der Waals surface area contributed by atoms with Gasteiger partial charge in [0.05, 0.1) is 12.0 Å². The third-order valence-corrected chi connectivity index (χ3v) is 3.55. The van der Waals surface area contributed by atoms with Crippen molar-refractivity contribution in [3.05, 3.63) is 34.9 Å². The van der Waals surface area contributed by atoms with Crippen LogP contribution in [0.1, 0.15) is 18.4 Å². The van der Waals surface area contributed by atoms with E-state index in [9.17, 15) is 9.59 Å². The van der Waals surface area contributed by atoms with Crippen molar-refractivity contribution in [1.29, 1.82) is 0 Å². The van der Waals surface area contributed by atoms with E-state index in [1.807, 2.05) is 18.2 Å². The summed E-state index contributed by atoms with van der Waals surface area (Å²) in [5.41, 5.74) is 0.450. The monoisotopic (exact) mass is 297 g/mol. The highest BCUT2D eigenvalue weighted by Crippen LogP contribution is 2.48. The predicted octanol–water partition coefficient (Wildman–Crippen LogP) is 1.59. The molecular formula is C14H16ClNO4. The molecule has 0 heterocycles. The molecule has 0 spiro atoms. The molecule has 1 aromatic carbocycles. The van der Waals surface area contributed by atoms with Crippen LogP contribution in [0.25, 0.3) is 0 Å². The molecule has 0 unspecified atom stereocenters. The lowest BCUT2D eigenvalue weighted by atomic mass is 9.95. The Kier molecular flexibility index (Phi) is 4.62. The number of nitrogens with one attached hydrogen (secondary N) is 1. The van der Waals surface area contributed by atoms with Gasteiger partial charge in [0.25, 0.3) is 0 Å². The number of ether oxygens (including phenoxy) is 1. The number of amides is 1. The Bertz CT molecular complexity index is 514. The number of hydrogen-bond donors (Lipinski definition) is 2. The number of carbonyl (C=O) groups excluding carboxylic acids is 1. The van der Waals surface area contributed by atoms with Gasteiger partial charge in [-0.25, -0.2) is 4.79 Å². The number of rotatable bonds is 7. The first kappa shape index (κ1) is 14.8. The minimum atomic E-state index is -1.02. The van der Waals surface area contributed by atoms with E-state index in [0.29, 0.717) is 11.6 Å². The third kappa shape index (κ3) is 3.49. The fourth-order valence-corrected chi connectivity index (χ4v) is 2.31. The number of carboxylic acids is 1. The molecule has 2 rings (SSSR count). The largest absolute Gasteiger partial charge is 0.480 e. The van der Waals surface area contributed by atoms with Crippen LogP contribution >= 0.6 is 11.6 Å². The smallest absolute Gasteiger partial charge is 0.329 e. The van der Waals surface area contributed by atoms with Gasteiger partial charge >= 0.3 is 5.97 Å². The van der Waals surface area contributed by atoms with Gasteiger partial charge in [-0.3, -0.25) is 4.79 Å². The van der Waals surface area contributed by atoms with Gasteiger partial charge in [0, 0.05) is 11.6 Å². The van der Waals surface area contributed by atoms with Crippen molar-refractivity contribution in [2.45, 2.75) is 18.3 Å². The first-order valence-corrected chi connectivity index (χ1v) is 6.76. The molecule has 1 fully saturated rings. The van der Waals surface area contributed by atoms with Crippen LogP contribution in [0.4, 0.5) is 0 Å². The Morgan fingerprint density at radius 3 is 2.75 bits per heavy atom. The first-order valence-electron chi connectivity index (χ1n) is 6.38. The molecule has 1 aromatic rings. The topological polar surface area (TPSA) is 75.6 Å². The minimum Gasteiger partial charge on any atom is -0.480 e. The highest BCUT2D eigenvalue weighted by molar-refractivity contribution is 6.30. The van der Waals surface area contributed by atoms with Gasteiger partial charge in [0.15, 0.2) is 0 Å². The molecule has 0 bridgehead atoms. The SMILES string of the molecule is O=C(O)COCCNC(=O)C1(c2cccc(Cl)c2)CC1. The van der Waals surface area contributed by atoms with Gasteiger partial charge in [0.2, 0.25) is 5.91 Å². The maximum Gasteiger partial charge on any atom is 0.329 e. The third-order valence-electron chi connectivity index (χ3n) is 3.32. The van der Waals surface area contributed by atoms with E-state index in [1.54, 1.807) is 6.07 Å². The fraction of sp³-hybridized carbons (Fsp3) is 0.429. The highest BCUT2D eigenvalue weighted by atomic mass is 35.5. The van der Waals surface area contributed by atoms with Crippen molar-refractivity contribution < 1.29 is 19.4 Å². The number of benzene rings is 1. The van der Waals surface area contributed by atoms with E-state index in [4.69, 9.17) is 21.4 Å². The van der Waals surface area contributed by atoms with Crippen molar-refractivity contribution in [2.75, 3.05) is 19.8 Å². The molecule has 20 heavy (non-hydrogen) atoms. The van der Waals surface area contributed by atoms with Gasteiger partial charge in [-0.05, 0) is 30.5 Å². The van der Waals surface area contributed by atoms with E-state index >= 15 is 0 Å². The maximum atomic E-state index is 12.2. The zero-order chi connectivity index (χ0) is 14.6. The van der Waals surface area contributed by atoms with Crippen LogP contribution in [0, 0.1) is 0 Å². The van der Waals surface area contributed by atoms with Crippen molar-refractivity contribution in [1.82, 2.24) is 5.32 Å². The first-order chi connectivity index (χ1) is 9.54. The van der Waals surface area contributed by atoms with Gasteiger partial charge in [-0.15, -0.1) is 0 Å². The molecule has 1 aliphatic rings. The summed E-state index contributed by atoms with van der Waals surface area (Å²) >= 11 is 5.95. The lowest BCUT2D eigenvalue weighted by molar-refractivity contribution is -0.142. The summed E-state index contributed by atoms with van der Waals surface area (Å²) in [5.74, 6) is -1.08. The summed E-state index contributed by atoms with van der Waals surface area (Å²) in [4.78, 5) is 22.5. The van der Waals surface area contributed by atoms with Gasteiger partial charge in [-0.1, -0.05) is 23.7 Å². The molecule has 0 radical (unpaired) electrons. The molecular weight excluding hydrogens is 282 g/mol. The van der Waals surface area contributed by atoms with Crippen molar-refractivity contribution >= 4 is 23.5 Å². The van der Waals surface area contributed by atoms with E-state index in [-0.39, 0.29) is 19.1 Å². The lowest BCUT2D eigenvalue weighted by Gasteiger charge is -2.16. The van der Waals surface area contributed by atoms with Gasteiger partial charge in [0.1, 0.15) is 6.61 Å². The van der Waals surface area contributed by atoms with Crippen molar-refractivity contribution in [2.24, 2.45) is 0 Å². The van der Waals surface area contributed by atoms with Crippen LogP contribution in [0.3, 0.4) is 0 Å². The molecule has 1 saturated carbocycles. The number of hydrogen-bond acceptors (Lipinski definition) is 3. The molecule has 2 N–H and O–H groups in total. The molecule has 0 atom stereocenters. The van der Waals surface area contributed by atoms with Crippen molar-refractivity contribution in [3.63, 3.8) is 0 Å². The standard InChI is InChI=1S/C14H16ClNO4/c15-11-3-1-2-10(8-11)14(4-5-14)13(19)16-6-7-20-9-12(17)18/h1-3,8H,4-7,9H2,(H,16,19)(H,17,18). The number of carbonyl (C=O) groups is 2. The van der Waals surface area contributed by atoms with Gasteiger partial charge < -0.3 is 15.2 Å². The molecule has 0 saturated heterocycles. The predicted molar refractivity (Wildman–Crippen MR) is 73.8 cm³/mol. The molecule has 0 aliphatic heterocycles. The van der Waals surface area contributed by atoms with Crippen LogP contribution in [0.2, 0.25) is 5.02 Å². The molecule has 1 amide bonds. The summed E-state index contributed by atoms with van der Waals surface area (Å²) in [6.45, 7) is 0.132. The Hall–Kier alpha value is -1.59. The van der Waals surface area contributed by atoms with Crippen LogP contribution in [0.15, 0.2) is 24.3 Å². The van der Waals surface area contributed by atoms with E-state index in [0.717, 1.165) is 18.4 Å². The number of aliphatic carboxylic acids is 1. The van der Waals surface area contributed by atoms with E-state index < -0.39 is 11.4 Å². The lowest BCUT2D eigenvalue weighted by Crippen LogP contribution is -2.36. The molecule has 1 aliphatic carbocycles. The summed E-state index contributed by atoms with van der Waals surface area (Å²) in [6, 6.07) is 7.33. The van der Waals surface area contributed by atoms with Crippen LogP contribution in [0.5, 0.6) is 0 Å². The van der Waals surface area contributed by atoms with Crippen molar-refractivity contribution in [3.8, 4) is 0 Å². The Labute approximate surface area is 121 Å². The molecule has 0 aromatic heterocycles. The van der Waals surface area contributed by atoms with Crippen LogP contribution in [-0.2, 0) is 19.7 Å². The zero-order valence-corrected chi connectivity index (χ0v) is 11.7. The Morgan fingerprint density at radius 2 is 2.15 bits per heavy atom. The Balaban J connectivity index is 1.85. The van der Waals surface area contributed by atoms with Gasteiger partial charge in [-0.2, -0.15) is 0 Å². The average molecular weight is 298 g/mol. The van der Waals surface area contributed by atoms with E-state index in [2.05, 4.69) is 5.32 Å². The fourth-order valence-electron chi connectivity index (χ4n) is 2.12. The molecule has 6 heteroatoms. The quantitative estimate of drug-likeness (QED) is 0.749. The van der Waals surface area contributed by atoms with Crippen LogP contribution < -0.4 is 5.32 Å². The Morgan fingerprint density at radius 1 is 1.40 bits per heavy atom. The zero-order valence-electron chi connectivity index (χ0n) is 10.9. The molecule has 5 nitrogen and oxygen atoms in total. The highest BCUT2D eigenvalue weighted by Gasteiger charge is 2.51. The summed E-state index contributed by atoms with van der Waals surface area (Å²) in [6.07, 6.45) is 1.60. The normalized spacial score (nSPS) is 15.7. The second kappa shape index (κ2) is 6.24. The number of halogens is 1. The summed E-state index contributed by atoms with van der Waals surface area (Å²) < 4.78 is 4.87. The number of carboxylic acid groups (broad SMARTS) is 1. The maximum absolute atomic E-state index is 12.2. The summed E-state index contributed by atoms with van der Waals surface area (Å²) in [5, 5.41) is 11.8. The second-order valence-electron chi connectivity index (χ2n) is 4.79. The van der Waals surface area contributed by atoms with E-state index in [1.165, 1.54) is 0 Å². The second-order valence-corrected chi connectivity index (χ2v) is 5.23. The van der Waals surface area contributed by atoms with Crippen LogP contribution in [-0.4, -0.2) is 36.7 Å². The summed E-state index contributed by atoms with van der Waals surface area (Å²) in [7, 11) is 0. The minimum absolute atomic E-state index is 0.0568. The molecule has 108 valence electrons. The average Bonchev–Trinajstić information content (AvgIpc) is 3.19.